The van der Waals surface area contributed by atoms with E-state index in [1.54, 1.807) is 0 Å². The molecule has 2 aromatic heterocycles. The number of hydrogen-bond donors (Lipinski definition) is 0. The Morgan fingerprint density at radius 3 is 1.88 bits per heavy atom. The van der Waals surface area contributed by atoms with Gasteiger partial charge in [-0.25, -0.2) is 9.97 Å². The van der Waals surface area contributed by atoms with E-state index >= 15 is 0 Å². The summed E-state index contributed by atoms with van der Waals surface area (Å²) in [5, 5.41) is 9.17. The molecule has 0 radical (unpaired) electrons. The zero-order chi connectivity index (χ0) is 32.3. The Balaban J connectivity index is 1.28. The molecule has 0 bridgehead atoms. The largest absolute Gasteiger partial charge is 0.456 e. The fourth-order valence-corrected chi connectivity index (χ4v) is 7.36. The normalized spacial score (nSPS) is 11.7. The molecule has 2 heterocycles. The van der Waals surface area contributed by atoms with E-state index in [9.17, 15) is 0 Å². The number of furan rings is 1. The minimum Gasteiger partial charge on any atom is -0.456 e. The van der Waals surface area contributed by atoms with Crippen molar-refractivity contribution < 1.29 is 4.42 Å². The molecule has 228 valence electrons. The first-order valence-corrected chi connectivity index (χ1v) is 16.6. The molecule has 0 unspecified atom stereocenters. The maximum atomic E-state index is 6.31. The van der Waals surface area contributed by atoms with Crippen LogP contribution in [0.4, 0.5) is 0 Å². The molecular formula is C46H28N2O. The molecule has 0 N–H and O–H groups in total. The predicted molar refractivity (Wildman–Crippen MR) is 204 cm³/mol. The van der Waals surface area contributed by atoms with Gasteiger partial charge in [0, 0.05) is 27.5 Å². The number of aromatic nitrogens is 2. The number of benzene rings is 8. The Morgan fingerprint density at radius 2 is 1.02 bits per heavy atom. The molecule has 0 aliphatic heterocycles. The predicted octanol–water partition coefficient (Wildman–Crippen LogP) is 12.5. The summed E-state index contributed by atoms with van der Waals surface area (Å²) < 4.78 is 6.31. The van der Waals surface area contributed by atoms with Crippen LogP contribution in [0.3, 0.4) is 0 Å². The zero-order valence-corrected chi connectivity index (χ0v) is 26.5. The lowest BCUT2D eigenvalue weighted by Crippen LogP contribution is -1.98. The van der Waals surface area contributed by atoms with Crippen LogP contribution in [0.1, 0.15) is 0 Å². The van der Waals surface area contributed by atoms with E-state index in [0.717, 1.165) is 66.2 Å². The molecule has 0 saturated carbocycles. The molecular weight excluding hydrogens is 597 g/mol. The van der Waals surface area contributed by atoms with Crippen molar-refractivity contribution in [3.63, 3.8) is 0 Å². The van der Waals surface area contributed by atoms with Gasteiger partial charge in [0.15, 0.2) is 5.82 Å². The lowest BCUT2D eigenvalue weighted by atomic mass is 9.92. The Bertz CT molecular complexity index is 2870. The fourth-order valence-electron chi connectivity index (χ4n) is 7.36. The van der Waals surface area contributed by atoms with Gasteiger partial charge in [-0.05, 0) is 67.7 Å². The van der Waals surface area contributed by atoms with Crippen LogP contribution in [0.5, 0.6) is 0 Å². The van der Waals surface area contributed by atoms with Crippen LogP contribution in [-0.2, 0) is 0 Å². The van der Waals surface area contributed by atoms with E-state index < -0.39 is 0 Å². The summed E-state index contributed by atoms with van der Waals surface area (Å²) in [6.07, 6.45) is 0. The monoisotopic (exact) mass is 624 g/mol. The average molecular weight is 625 g/mol. The Morgan fingerprint density at radius 1 is 0.367 bits per heavy atom. The molecule has 8 aromatic carbocycles. The molecule has 10 aromatic rings. The molecule has 0 aliphatic rings. The van der Waals surface area contributed by atoms with Gasteiger partial charge in [-0.1, -0.05) is 146 Å². The zero-order valence-electron chi connectivity index (χ0n) is 26.5. The third-order valence-electron chi connectivity index (χ3n) is 9.69. The molecule has 0 atom stereocenters. The summed E-state index contributed by atoms with van der Waals surface area (Å²) in [5.41, 5.74) is 8.86. The summed E-state index contributed by atoms with van der Waals surface area (Å²) in [7, 11) is 0. The summed E-state index contributed by atoms with van der Waals surface area (Å²) in [6, 6.07) is 59.7. The van der Waals surface area contributed by atoms with Crippen molar-refractivity contribution in [3.05, 3.63) is 170 Å². The molecule has 10 rings (SSSR count). The van der Waals surface area contributed by atoms with Crippen LogP contribution < -0.4 is 0 Å². The van der Waals surface area contributed by atoms with Gasteiger partial charge in [0.1, 0.15) is 11.2 Å². The minimum absolute atomic E-state index is 0.696. The average Bonchev–Trinajstić information content (AvgIpc) is 3.56. The van der Waals surface area contributed by atoms with Gasteiger partial charge in [-0.3, -0.25) is 0 Å². The van der Waals surface area contributed by atoms with Gasteiger partial charge in [-0.15, -0.1) is 0 Å². The van der Waals surface area contributed by atoms with Crippen LogP contribution in [0.15, 0.2) is 174 Å². The summed E-state index contributed by atoms with van der Waals surface area (Å²) in [6.45, 7) is 0. The lowest BCUT2D eigenvalue weighted by molar-refractivity contribution is 0.669. The number of hydrogen-bond acceptors (Lipinski definition) is 3. The summed E-state index contributed by atoms with van der Waals surface area (Å²) in [5.74, 6) is 0.696. The van der Waals surface area contributed by atoms with E-state index in [1.807, 2.05) is 24.3 Å². The third kappa shape index (κ3) is 4.51. The molecule has 0 amide bonds. The molecule has 3 heteroatoms. The summed E-state index contributed by atoms with van der Waals surface area (Å²) in [4.78, 5) is 10.8. The van der Waals surface area contributed by atoms with Crippen molar-refractivity contribution in [1.82, 2.24) is 9.97 Å². The highest BCUT2D eigenvalue weighted by atomic mass is 16.3. The lowest BCUT2D eigenvalue weighted by Gasteiger charge is -2.15. The van der Waals surface area contributed by atoms with E-state index in [0.29, 0.717) is 5.82 Å². The first-order valence-electron chi connectivity index (χ1n) is 16.6. The highest BCUT2D eigenvalue weighted by Gasteiger charge is 2.19. The van der Waals surface area contributed by atoms with Crippen LogP contribution in [0.2, 0.25) is 0 Å². The second-order valence-electron chi connectivity index (χ2n) is 12.5. The van der Waals surface area contributed by atoms with Crippen LogP contribution in [0.25, 0.3) is 99.3 Å². The van der Waals surface area contributed by atoms with E-state index in [2.05, 4.69) is 146 Å². The van der Waals surface area contributed by atoms with Gasteiger partial charge in [0.25, 0.3) is 0 Å². The number of nitrogens with zero attached hydrogens (tertiary/aromatic N) is 2. The van der Waals surface area contributed by atoms with Crippen molar-refractivity contribution >= 4 is 54.3 Å². The molecule has 0 spiro atoms. The number of rotatable bonds is 4. The Labute approximate surface area is 282 Å². The van der Waals surface area contributed by atoms with Gasteiger partial charge < -0.3 is 4.42 Å². The minimum atomic E-state index is 0.696. The number of para-hydroxylation sites is 1. The fraction of sp³-hybridized carbons (Fsp3) is 0. The maximum absolute atomic E-state index is 6.31. The number of fused-ring (bicyclic) bond motifs is 7. The van der Waals surface area contributed by atoms with Crippen molar-refractivity contribution in [2.75, 3.05) is 0 Å². The molecule has 3 nitrogen and oxygen atoms in total. The first kappa shape index (κ1) is 27.5. The molecule has 0 aliphatic carbocycles. The van der Waals surface area contributed by atoms with E-state index in [-0.39, 0.29) is 0 Å². The molecule has 49 heavy (non-hydrogen) atoms. The van der Waals surface area contributed by atoms with Gasteiger partial charge in [0.05, 0.1) is 11.4 Å². The second-order valence-corrected chi connectivity index (χ2v) is 12.5. The molecule has 0 saturated heterocycles. The van der Waals surface area contributed by atoms with Crippen LogP contribution in [-0.4, -0.2) is 9.97 Å². The van der Waals surface area contributed by atoms with Gasteiger partial charge >= 0.3 is 0 Å². The van der Waals surface area contributed by atoms with Crippen LogP contribution >= 0.6 is 0 Å². The third-order valence-corrected chi connectivity index (χ3v) is 9.69. The van der Waals surface area contributed by atoms with E-state index in [4.69, 9.17) is 14.4 Å². The SMILES string of the molecule is c1ccc(-c2ccc(-c3cc(-c4cccc5oc6ccccc6c45)nc(-c4c5ccccc5cc5c4ccc4ccccc45)n3)cc2)cc1. The van der Waals surface area contributed by atoms with Crippen molar-refractivity contribution in [2.45, 2.75) is 0 Å². The van der Waals surface area contributed by atoms with E-state index in [1.165, 1.54) is 27.3 Å². The van der Waals surface area contributed by atoms with Crippen LogP contribution in [0, 0.1) is 0 Å². The highest BCUT2D eigenvalue weighted by molar-refractivity contribution is 6.19. The Hall–Kier alpha value is -6.58. The van der Waals surface area contributed by atoms with Crippen molar-refractivity contribution in [3.8, 4) is 45.0 Å². The topological polar surface area (TPSA) is 38.9 Å². The second kappa shape index (κ2) is 11.0. The summed E-state index contributed by atoms with van der Waals surface area (Å²) >= 11 is 0. The van der Waals surface area contributed by atoms with Gasteiger partial charge in [-0.2, -0.15) is 0 Å². The van der Waals surface area contributed by atoms with Crippen molar-refractivity contribution in [2.24, 2.45) is 0 Å². The Kier molecular flexibility index (Phi) is 6.18. The van der Waals surface area contributed by atoms with Crippen molar-refractivity contribution in [1.29, 1.82) is 0 Å². The molecule has 0 fully saturated rings. The maximum Gasteiger partial charge on any atom is 0.161 e. The smallest absolute Gasteiger partial charge is 0.161 e. The highest BCUT2D eigenvalue weighted by Crippen LogP contribution is 2.41. The standard InChI is InChI=1S/C46H28N2O/c1-2-11-29(12-3-1)30-21-23-32(24-22-30)40-28-41(37-18-10-20-43-44(37)38-17-8-9-19-42(38)49-43)48-46(47-40)45-35-16-7-5-14-33(35)27-39-34-15-6-4-13-31(34)25-26-36(39)45/h1-28H. The quantitative estimate of drug-likeness (QED) is 0.144. The first-order chi connectivity index (χ1) is 24.3. The van der Waals surface area contributed by atoms with Gasteiger partial charge in [0.2, 0.25) is 0 Å².